The maximum absolute atomic E-state index is 12.7. The van der Waals surface area contributed by atoms with E-state index in [1.54, 1.807) is 25.2 Å². The number of rotatable bonds is 5. The first-order chi connectivity index (χ1) is 13.6. The van der Waals surface area contributed by atoms with Crippen molar-refractivity contribution < 1.29 is 19.1 Å². The van der Waals surface area contributed by atoms with Gasteiger partial charge in [-0.1, -0.05) is 17.4 Å². The van der Waals surface area contributed by atoms with Gasteiger partial charge in [0.25, 0.3) is 0 Å². The van der Waals surface area contributed by atoms with Crippen molar-refractivity contribution in [2.75, 3.05) is 31.0 Å². The second-order valence-electron chi connectivity index (χ2n) is 6.45. The number of thiazole rings is 1. The highest BCUT2D eigenvalue weighted by Crippen LogP contribution is 2.31. The first-order valence-corrected chi connectivity index (χ1v) is 9.59. The molecule has 0 aliphatic carbocycles. The largest absolute Gasteiger partial charge is 0.497 e. The number of anilines is 2. The van der Waals surface area contributed by atoms with E-state index in [0.717, 1.165) is 21.7 Å². The van der Waals surface area contributed by atoms with Crippen LogP contribution in [0.3, 0.4) is 0 Å². The second kappa shape index (κ2) is 7.47. The molecular weight excluding hydrogens is 378 g/mol. The van der Waals surface area contributed by atoms with Crippen LogP contribution in [0.1, 0.15) is 6.42 Å². The van der Waals surface area contributed by atoms with Crippen LogP contribution in [-0.4, -0.2) is 37.6 Å². The molecule has 7 nitrogen and oxygen atoms in total. The molecule has 0 saturated carbocycles. The summed E-state index contributed by atoms with van der Waals surface area (Å²) in [6.45, 7) is 0.330. The number of hydrogen-bond donors (Lipinski definition) is 1. The van der Waals surface area contributed by atoms with E-state index in [0.29, 0.717) is 17.4 Å². The lowest BCUT2D eigenvalue weighted by molar-refractivity contribution is -0.122. The topological polar surface area (TPSA) is 80.8 Å². The SMILES string of the molecule is COc1cccc(N2C[C@H](C(=O)Nc3nc4ccc(OC)cc4s3)CC2=O)c1. The van der Waals surface area contributed by atoms with Crippen LogP contribution in [0, 0.1) is 5.92 Å². The Morgan fingerprint density at radius 1 is 1.18 bits per heavy atom. The number of amides is 2. The number of ether oxygens (including phenoxy) is 2. The Labute approximate surface area is 165 Å². The van der Waals surface area contributed by atoms with Crippen LogP contribution in [0.25, 0.3) is 10.2 Å². The van der Waals surface area contributed by atoms with E-state index >= 15 is 0 Å². The monoisotopic (exact) mass is 397 g/mol. The fourth-order valence-corrected chi connectivity index (χ4v) is 4.10. The molecule has 0 spiro atoms. The predicted molar refractivity (Wildman–Crippen MR) is 108 cm³/mol. The van der Waals surface area contributed by atoms with Crippen LogP contribution in [0.15, 0.2) is 42.5 Å². The average molecular weight is 397 g/mol. The summed E-state index contributed by atoms with van der Waals surface area (Å²) < 4.78 is 11.4. The molecule has 2 amide bonds. The first-order valence-electron chi connectivity index (χ1n) is 8.77. The summed E-state index contributed by atoms with van der Waals surface area (Å²) in [5.41, 5.74) is 1.52. The highest BCUT2D eigenvalue weighted by molar-refractivity contribution is 7.22. The Morgan fingerprint density at radius 3 is 2.75 bits per heavy atom. The summed E-state index contributed by atoms with van der Waals surface area (Å²) in [5.74, 6) is 0.694. The van der Waals surface area contributed by atoms with Crippen LogP contribution in [0.4, 0.5) is 10.8 Å². The molecule has 144 valence electrons. The van der Waals surface area contributed by atoms with E-state index in [-0.39, 0.29) is 18.2 Å². The molecule has 1 saturated heterocycles. The molecule has 4 rings (SSSR count). The Hall–Kier alpha value is -3.13. The first kappa shape index (κ1) is 18.2. The standard InChI is InChI=1S/C20H19N3O4S/c1-26-14-5-3-4-13(9-14)23-11-12(8-18(23)24)19(25)22-20-21-16-7-6-15(27-2)10-17(16)28-20/h3-7,9-10,12H,8,11H2,1-2H3,(H,21,22,25)/t12-/m1/s1. The van der Waals surface area contributed by atoms with Crippen LogP contribution in [0.2, 0.25) is 0 Å². The van der Waals surface area contributed by atoms with E-state index in [1.165, 1.54) is 11.3 Å². The van der Waals surface area contributed by atoms with Crippen molar-refractivity contribution in [2.24, 2.45) is 5.92 Å². The van der Waals surface area contributed by atoms with Gasteiger partial charge < -0.3 is 19.7 Å². The maximum Gasteiger partial charge on any atom is 0.231 e. The molecule has 8 heteroatoms. The molecule has 2 aromatic carbocycles. The van der Waals surface area contributed by atoms with E-state index in [9.17, 15) is 9.59 Å². The molecule has 0 bridgehead atoms. The number of aromatic nitrogens is 1. The molecule has 1 N–H and O–H groups in total. The van der Waals surface area contributed by atoms with Crippen molar-refractivity contribution in [3.63, 3.8) is 0 Å². The molecular formula is C20H19N3O4S. The lowest BCUT2D eigenvalue weighted by Gasteiger charge is -2.17. The summed E-state index contributed by atoms with van der Waals surface area (Å²) in [6, 6.07) is 12.8. The number of carbonyl (C=O) groups is 2. The van der Waals surface area contributed by atoms with Gasteiger partial charge in [0.15, 0.2) is 5.13 Å². The summed E-state index contributed by atoms with van der Waals surface area (Å²) in [6.07, 6.45) is 0.168. The molecule has 1 atom stereocenters. The average Bonchev–Trinajstić information content (AvgIpc) is 3.30. The van der Waals surface area contributed by atoms with Gasteiger partial charge in [-0.25, -0.2) is 4.98 Å². The van der Waals surface area contributed by atoms with E-state index in [2.05, 4.69) is 10.3 Å². The fraction of sp³-hybridized carbons (Fsp3) is 0.250. The number of fused-ring (bicyclic) bond motifs is 1. The molecule has 28 heavy (non-hydrogen) atoms. The van der Waals surface area contributed by atoms with E-state index < -0.39 is 5.92 Å². The molecule has 1 aliphatic heterocycles. The minimum atomic E-state index is -0.430. The van der Waals surface area contributed by atoms with Gasteiger partial charge in [-0.2, -0.15) is 0 Å². The summed E-state index contributed by atoms with van der Waals surface area (Å²) in [4.78, 5) is 31.2. The van der Waals surface area contributed by atoms with E-state index in [4.69, 9.17) is 9.47 Å². The molecule has 2 heterocycles. The van der Waals surface area contributed by atoms with Crippen molar-refractivity contribution >= 4 is 44.2 Å². The number of hydrogen-bond acceptors (Lipinski definition) is 6. The van der Waals surface area contributed by atoms with Gasteiger partial charge in [0.2, 0.25) is 11.8 Å². The third kappa shape index (κ3) is 3.50. The van der Waals surface area contributed by atoms with Gasteiger partial charge in [-0.15, -0.1) is 0 Å². The number of methoxy groups -OCH3 is 2. The van der Waals surface area contributed by atoms with E-state index in [1.807, 2.05) is 36.4 Å². The Bertz CT molecular complexity index is 1050. The van der Waals surface area contributed by atoms with Gasteiger partial charge in [-0.05, 0) is 30.3 Å². The van der Waals surface area contributed by atoms with Gasteiger partial charge >= 0.3 is 0 Å². The van der Waals surface area contributed by atoms with Crippen molar-refractivity contribution in [1.29, 1.82) is 0 Å². The number of nitrogens with zero attached hydrogens (tertiary/aromatic N) is 2. The van der Waals surface area contributed by atoms with Gasteiger partial charge in [0, 0.05) is 24.7 Å². The normalized spacial score (nSPS) is 16.4. The maximum atomic E-state index is 12.7. The number of nitrogens with one attached hydrogen (secondary N) is 1. The lowest BCUT2D eigenvalue weighted by atomic mass is 10.1. The summed E-state index contributed by atoms with van der Waals surface area (Å²) in [7, 11) is 3.19. The highest BCUT2D eigenvalue weighted by Gasteiger charge is 2.35. The molecule has 1 aliphatic rings. The van der Waals surface area contributed by atoms with Crippen molar-refractivity contribution in [2.45, 2.75) is 6.42 Å². The zero-order valence-electron chi connectivity index (χ0n) is 15.5. The zero-order chi connectivity index (χ0) is 19.7. The van der Waals surface area contributed by atoms with Crippen molar-refractivity contribution in [3.05, 3.63) is 42.5 Å². The van der Waals surface area contributed by atoms with Crippen LogP contribution in [0.5, 0.6) is 11.5 Å². The smallest absolute Gasteiger partial charge is 0.231 e. The van der Waals surface area contributed by atoms with Crippen molar-refractivity contribution in [3.8, 4) is 11.5 Å². The molecule has 1 aromatic heterocycles. The predicted octanol–water partition coefficient (Wildman–Crippen LogP) is 3.31. The minimum absolute atomic E-state index is 0.0811. The Morgan fingerprint density at radius 2 is 1.96 bits per heavy atom. The second-order valence-corrected chi connectivity index (χ2v) is 7.48. The van der Waals surface area contributed by atoms with Crippen LogP contribution in [-0.2, 0) is 9.59 Å². The molecule has 1 fully saturated rings. The number of benzene rings is 2. The van der Waals surface area contributed by atoms with Gasteiger partial charge in [-0.3, -0.25) is 9.59 Å². The quantitative estimate of drug-likeness (QED) is 0.714. The van der Waals surface area contributed by atoms with Gasteiger partial charge in [0.05, 0.1) is 30.4 Å². The molecule has 0 radical (unpaired) electrons. The zero-order valence-corrected chi connectivity index (χ0v) is 16.3. The summed E-state index contributed by atoms with van der Waals surface area (Å²) >= 11 is 1.38. The lowest BCUT2D eigenvalue weighted by Crippen LogP contribution is -2.28. The molecule has 3 aromatic rings. The third-order valence-corrected chi connectivity index (χ3v) is 5.62. The Kier molecular flexibility index (Phi) is 4.87. The van der Waals surface area contributed by atoms with Gasteiger partial charge in [0.1, 0.15) is 11.5 Å². The summed E-state index contributed by atoms with van der Waals surface area (Å²) in [5, 5.41) is 3.36. The molecule has 0 unspecified atom stereocenters. The van der Waals surface area contributed by atoms with Crippen molar-refractivity contribution in [1.82, 2.24) is 4.98 Å². The Balaban J connectivity index is 1.47. The van der Waals surface area contributed by atoms with Crippen LogP contribution < -0.4 is 19.7 Å². The minimum Gasteiger partial charge on any atom is -0.497 e. The highest BCUT2D eigenvalue weighted by atomic mass is 32.1. The third-order valence-electron chi connectivity index (χ3n) is 4.69. The van der Waals surface area contributed by atoms with Crippen LogP contribution >= 0.6 is 11.3 Å². The fourth-order valence-electron chi connectivity index (χ4n) is 3.20. The number of carbonyl (C=O) groups excluding carboxylic acids is 2.